The highest BCUT2D eigenvalue weighted by atomic mass is 32.2. The van der Waals surface area contributed by atoms with Gasteiger partial charge in [-0.3, -0.25) is 9.97 Å². The number of hydrogen-bond donors (Lipinski definition) is 2. The lowest BCUT2D eigenvalue weighted by atomic mass is 10.4. The summed E-state index contributed by atoms with van der Waals surface area (Å²) in [5.41, 5.74) is 1.39. The van der Waals surface area contributed by atoms with Gasteiger partial charge < -0.3 is 5.32 Å². The maximum atomic E-state index is 12.2. The van der Waals surface area contributed by atoms with Crippen LogP contribution in [-0.2, 0) is 23.1 Å². The number of aromatic nitrogens is 2. The van der Waals surface area contributed by atoms with Crippen molar-refractivity contribution in [1.29, 1.82) is 0 Å². The van der Waals surface area contributed by atoms with Crippen LogP contribution in [0.2, 0.25) is 0 Å². The molecule has 0 atom stereocenters. The quantitative estimate of drug-likeness (QED) is 0.804. The predicted octanol–water partition coefficient (Wildman–Crippen LogP) is 1.43. The van der Waals surface area contributed by atoms with Crippen molar-refractivity contribution in [3.63, 3.8) is 0 Å². The van der Waals surface area contributed by atoms with E-state index in [9.17, 15) is 8.42 Å². The van der Waals surface area contributed by atoms with Crippen LogP contribution in [0.5, 0.6) is 0 Å². The molecule has 21 heavy (non-hydrogen) atoms. The number of nitrogens with one attached hydrogen (secondary N) is 2. The predicted molar refractivity (Wildman–Crippen MR) is 82.5 cm³/mol. The zero-order chi connectivity index (χ0) is 15.3. The standard InChI is InChI=1S/C13H18N4O2S2/c1-3-14-9-12-4-5-13(20-12)21(18,19)17-8-11-7-15-10(2)6-16-11/h4-7,14,17H,3,8-9H2,1-2H3. The van der Waals surface area contributed by atoms with Crippen LogP contribution in [0.15, 0.2) is 28.7 Å². The van der Waals surface area contributed by atoms with Gasteiger partial charge in [0, 0.05) is 17.6 Å². The zero-order valence-electron chi connectivity index (χ0n) is 12.0. The average Bonchev–Trinajstić information content (AvgIpc) is 2.94. The van der Waals surface area contributed by atoms with E-state index in [0.29, 0.717) is 16.4 Å². The van der Waals surface area contributed by atoms with Gasteiger partial charge in [-0.1, -0.05) is 6.92 Å². The summed E-state index contributed by atoms with van der Waals surface area (Å²) in [6.45, 7) is 5.51. The highest BCUT2D eigenvalue weighted by Crippen LogP contribution is 2.21. The third kappa shape index (κ3) is 4.57. The molecule has 2 aromatic rings. The molecule has 114 valence electrons. The van der Waals surface area contributed by atoms with Crippen LogP contribution < -0.4 is 10.0 Å². The molecule has 0 unspecified atom stereocenters. The summed E-state index contributed by atoms with van der Waals surface area (Å²) in [6.07, 6.45) is 3.19. The van der Waals surface area contributed by atoms with E-state index in [1.165, 1.54) is 11.3 Å². The van der Waals surface area contributed by atoms with Gasteiger partial charge in [-0.25, -0.2) is 13.1 Å². The Morgan fingerprint density at radius 2 is 2.00 bits per heavy atom. The molecule has 0 amide bonds. The average molecular weight is 326 g/mol. The molecule has 8 heteroatoms. The minimum atomic E-state index is -3.50. The maximum absolute atomic E-state index is 12.2. The molecule has 0 aliphatic carbocycles. The molecule has 0 aliphatic rings. The van der Waals surface area contributed by atoms with Gasteiger partial charge in [0.05, 0.1) is 24.1 Å². The fourth-order valence-electron chi connectivity index (χ4n) is 1.60. The first-order valence-corrected chi connectivity index (χ1v) is 8.88. The van der Waals surface area contributed by atoms with Gasteiger partial charge >= 0.3 is 0 Å². The molecule has 0 bridgehead atoms. The first-order chi connectivity index (χ1) is 10.0. The van der Waals surface area contributed by atoms with Crippen molar-refractivity contribution in [2.75, 3.05) is 6.54 Å². The van der Waals surface area contributed by atoms with Crippen molar-refractivity contribution in [1.82, 2.24) is 20.0 Å². The van der Waals surface area contributed by atoms with Crippen LogP contribution in [0.25, 0.3) is 0 Å². The lowest BCUT2D eigenvalue weighted by Gasteiger charge is -2.04. The van der Waals surface area contributed by atoms with E-state index in [1.54, 1.807) is 18.5 Å². The van der Waals surface area contributed by atoms with Crippen molar-refractivity contribution in [3.05, 3.63) is 40.8 Å². The van der Waals surface area contributed by atoms with Crippen LogP contribution in [0.3, 0.4) is 0 Å². The minimum absolute atomic E-state index is 0.135. The molecule has 6 nitrogen and oxygen atoms in total. The van der Waals surface area contributed by atoms with Gasteiger partial charge in [-0.2, -0.15) is 0 Å². The number of sulfonamides is 1. The number of aryl methyl sites for hydroxylation is 1. The molecule has 0 radical (unpaired) electrons. The van der Waals surface area contributed by atoms with Crippen molar-refractivity contribution < 1.29 is 8.42 Å². The smallest absolute Gasteiger partial charge is 0.250 e. The van der Waals surface area contributed by atoms with E-state index in [2.05, 4.69) is 20.0 Å². The van der Waals surface area contributed by atoms with Gasteiger partial charge in [0.2, 0.25) is 10.0 Å². The first-order valence-electron chi connectivity index (χ1n) is 6.58. The van der Waals surface area contributed by atoms with Crippen molar-refractivity contribution >= 4 is 21.4 Å². The van der Waals surface area contributed by atoms with Crippen LogP contribution >= 0.6 is 11.3 Å². The lowest BCUT2D eigenvalue weighted by Crippen LogP contribution is -2.23. The zero-order valence-corrected chi connectivity index (χ0v) is 13.6. The van der Waals surface area contributed by atoms with Crippen molar-refractivity contribution in [2.24, 2.45) is 0 Å². The summed E-state index contributed by atoms with van der Waals surface area (Å²) in [6, 6.07) is 3.45. The van der Waals surface area contributed by atoms with Crippen LogP contribution in [0.1, 0.15) is 23.2 Å². The van der Waals surface area contributed by atoms with E-state index < -0.39 is 10.0 Å². The Morgan fingerprint density at radius 3 is 2.67 bits per heavy atom. The highest BCUT2D eigenvalue weighted by Gasteiger charge is 2.16. The van der Waals surface area contributed by atoms with Crippen molar-refractivity contribution in [2.45, 2.75) is 31.1 Å². The Bertz CT molecular complexity index is 680. The summed E-state index contributed by atoms with van der Waals surface area (Å²) >= 11 is 1.27. The molecular weight excluding hydrogens is 308 g/mol. The Labute approximate surface area is 128 Å². The summed E-state index contributed by atoms with van der Waals surface area (Å²) in [7, 11) is -3.50. The molecule has 2 N–H and O–H groups in total. The third-order valence-electron chi connectivity index (χ3n) is 2.73. The Hall–Kier alpha value is -1.35. The van der Waals surface area contributed by atoms with E-state index in [0.717, 1.165) is 17.1 Å². The second kappa shape index (κ2) is 7.08. The highest BCUT2D eigenvalue weighted by molar-refractivity contribution is 7.91. The fraction of sp³-hybridized carbons (Fsp3) is 0.385. The summed E-state index contributed by atoms with van der Waals surface area (Å²) < 4.78 is 27.2. The summed E-state index contributed by atoms with van der Waals surface area (Å²) in [4.78, 5) is 9.21. The normalized spacial score (nSPS) is 11.7. The second-order valence-corrected chi connectivity index (χ2v) is 7.64. The SMILES string of the molecule is CCNCc1ccc(S(=O)(=O)NCc2cnc(C)cn2)s1. The largest absolute Gasteiger partial charge is 0.312 e. The molecule has 0 aromatic carbocycles. The lowest BCUT2D eigenvalue weighted by molar-refractivity contribution is 0.582. The second-order valence-electron chi connectivity index (χ2n) is 4.47. The maximum Gasteiger partial charge on any atom is 0.250 e. The Kier molecular flexibility index (Phi) is 5.40. The van der Waals surface area contributed by atoms with Crippen LogP contribution in [0.4, 0.5) is 0 Å². The van der Waals surface area contributed by atoms with Gasteiger partial charge in [-0.15, -0.1) is 11.3 Å². The summed E-state index contributed by atoms with van der Waals surface area (Å²) in [5, 5.41) is 3.17. The molecule has 0 saturated heterocycles. The monoisotopic (exact) mass is 326 g/mol. The topological polar surface area (TPSA) is 84.0 Å². The first kappa shape index (κ1) is 16.0. The summed E-state index contributed by atoms with van der Waals surface area (Å²) in [5.74, 6) is 0. The van der Waals surface area contributed by atoms with Gasteiger partial charge in [0.1, 0.15) is 4.21 Å². The molecule has 0 saturated carbocycles. The Balaban J connectivity index is 2.00. The molecule has 0 fully saturated rings. The van der Waals surface area contributed by atoms with Crippen molar-refractivity contribution in [3.8, 4) is 0 Å². The number of thiophene rings is 1. The fourth-order valence-corrected chi connectivity index (χ4v) is 3.97. The van der Waals surface area contributed by atoms with Gasteiger partial charge in [0.15, 0.2) is 0 Å². The van der Waals surface area contributed by atoms with Gasteiger partial charge in [-0.05, 0) is 25.6 Å². The number of rotatable bonds is 7. The third-order valence-corrected chi connectivity index (χ3v) is 5.71. The van der Waals surface area contributed by atoms with E-state index >= 15 is 0 Å². The van der Waals surface area contributed by atoms with Gasteiger partial charge in [0.25, 0.3) is 0 Å². The van der Waals surface area contributed by atoms with Crippen LogP contribution in [0, 0.1) is 6.92 Å². The van der Waals surface area contributed by atoms with Crippen LogP contribution in [-0.4, -0.2) is 24.9 Å². The minimum Gasteiger partial charge on any atom is -0.312 e. The molecule has 0 spiro atoms. The van der Waals surface area contributed by atoms with E-state index in [4.69, 9.17) is 0 Å². The number of hydrogen-bond acceptors (Lipinski definition) is 6. The van der Waals surface area contributed by atoms with E-state index in [-0.39, 0.29) is 6.54 Å². The molecule has 2 heterocycles. The molecule has 0 aliphatic heterocycles. The molecule has 2 aromatic heterocycles. The van der Waals surface area contributed by atoms with E-state index in [1.807, 2.05) is 19.9 Å². The molecule has 2 rings (SSSR count). The Morgan fingerprint density at radius 1 is 1.19 bits per heavy atom. The molecular formula is C13H18N4O2S2. The number of nitrogens with zero attached hydrogens (tertiary/aromatic N) is 2.